The minimum atomic E-state index is -2.57. The van der Waals surface area contributed by atoms with Crippen molar-refractivity contribution < 1.29 is 46.7 Å². The van der Waals surface area contributed by atoms with E-state index < -0.39 is 46.9 Å². The molecule has 1 fully saturated rings. The maximum absolute atomic E-state index is 7.90. The number of halogens is 1. The first kappa shape index (κ1) is 63.5. The first-order valence-corrected chi connectivity index (χ1v) is 37.7. The molecule has 0 saturated carbocycles. The van der Waals surface area contributed by atoms with Crippen LogP contribution in [0.2, 0.25) is 36.2 Å². The highest BCUT2D eigenvalue weighted by atomic mass is 35.5. The SMILES string of the molecule is CSc1oc([Si](C)(C)COc2c(Cl)cc([C@@H]3O[C@H](COCc4ccccc4)[C@@H](OCc4ccccc4)[C@H](OCc4ccccc4)[C@H]3OCc3ccccc3)c3c(OCc4ccccc4)ccc(OCc4ccccc4)c23)cc1CO[Si](C)(C)C(C)(C)C. The van der Waals surface area contributed by atoms with Crippen LogP contribution >= 0.6 is 23.4 Å². The van der Waals surface area contributed by atoms with E-state index in [0.717, 1.165) is 49.4 Å². The van der Waals surface area contributed by atoms with Crippen molar-refractivity contribution in [2.24, 2.45) is 0 Å². The molecule has 1 saturated heterocycles. The molecule has 2 heterocycles. The third kappa shape index (κ3) is 16.4. The molecule has 0 spiro atoms. The molecule has 0 radical (unpaired) electrons. The summed E-state index contributed by atoms with van der Waals surface area (Å²) in [4.78, 5) is 0. The number of hydrogen-bond acceptors (Lipinski definition) is 11. The van der Waals surface area contributed by atoms with Crippen molar-refractivity contribution in [3.05, 3.63) is 256 Å². The zero-order valence-electron chi connectivity index (χ0n) is 51.2. The molecule has 1 aliphatic rings. The molecule has 0 bridgehead atoms. The van der Waals surface area contributed by atoms with Gasteiger partial charge in [0.2, 0.25) is 0 Å². The highest BCUT2D eigenvalue weighted by molar-refractivity contribution is 7.98. The van der Waals surface area contributed by atoms with Crippen LogP contribution in [0, 0.1) is 0 Å². The van der Waals surface area contributed by atoms with Gasteiger partial charge in [-0.15, -0.1) is 0 Å². The summed E-state index contributed by atoms with van der Waals surface area (Å²) >= 11 is 9.49. The Balaban J connectivity index is 1.14. The van der Waals surface area contributed by atoms with Crippen LogP contribution in [0.4, 0.5) is 0 Å². The van der Waals surface area contributed by atoms with Gasteiger partial charge in [-0.25, -0.2) is 0 Å². The maximum Gasteiger partial charge on any atom is 0.192 e. The first-order chi connectivity index (χ1) is 42.1. The summed E-state index contributed by atoms with van der Waals surface area (Å²) in [7, 11) is -4.63. The van der Waals surface area contributed by atoms with E-state index in [4.69, 9.17) is 58.3 Å². The van der Waals surface area contributed by atoms with Crippen LogP contribution in [0.1, 0.15) is 71.4 Å². The summed E-state index contributed by atoms with van der Waals surface area (Å²) in [5.74, 6) is 1.57. The number of hydrogen-bond donors (Lipinski definition) is 0. The standard InChI is InChI=1S/C73H81ClO10SSi2/c1-73(2,3)87(7,8)82-49-58-41-64(84-72(58)85-4)86(5,6)51-81-68-60(74)42-59(65-61(76-44-53-29-17-10-18-30-53)39-40-62(66(65)68)77-45-54-31-19-11-20-32-54)67-70(79-47-56-35-23-13-24-36-56)71(80-48-57-37-25-14-26-38-57)69(78-46-55-33-21-12-22-34-55)63(83-67)50-75-43-52-27-15-9-16-28-52/h9-42,63,67,69-71H,43-51H2,1-8H3/t63-,67+,69-,70+,71+/m1/s1. The fraction of sp³-hybridized carbons (Fsp3) is 0.315. The molecule has 14 heteroatoms. The second-order valence-corrected chi connectivity index (χ2v) is 34.9. The van der Waals surface area contributed by atoms with Crippen molar-refractivity contribution in [3.8, 4) is 17.2 Å². The van der Waals surface area contributed by atoms with E-state index >= 15 is 0 Å². The monoisotopic (exact) mass is 1240 g/mol. The normalized spacial score (nSPS) is 17.3. The summed E-state index contributed by atoms with van der Waals surface area (Å²) in [6, 6.07) is 69.0. The molecule has 0 unspecified atom stereocenters. The Kier molecular flexibility index (Phi) is 21.7. The van der Waals surface area contributed by atoms with Gasteiger partial charge in [-0.1, -0.05) is 239 Å². The van der Waals surface area contributed by atoms with Crippen LogP contribution < -0.4 is 19.6 Å². The second kappa shape index (κ2) is 29.7. The van der Waals surface area contributed by atoms with Gasteiger partial charge in [0.1, 0.15) is 61.0 Å². The molecule has 87 heavy (non-hydrogen) atoms. The van der Waals surface area contributed by atoms with E-state index in [1.807, 2.05) is 134 Å². The lowest BCUT2D eigenvalue weighted by molar-refractivity contribution is -0.274. The Labute approximate surface area is 525 Å². The third-order valence-corrected chi connectivity index (χ3v) is 24.3. The maximum atomic E-state index is 7.90. The lowest BCUT2D eigenvalue weighted by atomic mass is 9.87. The van der Waals surface area contributed by atoms with Gasteiger partial charge in [0.15, 0.2) is 21.5 Å². The molecule has 5 atom stereocenters. The van der Waals surface area contributed by atoms with Crippen molar-refractivity contribution >= 4 is 55.9 Å². The predicted molar refractivity (Wildman–Crippen MR) is 354 cm³/mol. The molecular formula is C73H81ClO10SSi2. The quantitative estimate of drug-likeness (QED) is 0.0346. The van der Waals surface area contributed by atoms with Crippen LogP contribution in [0.15, 0.2) is 216 Å². The molecule has 9 aromatic rings. The van der Waals surface area contributed by atoms with E-state index in [1.54, 1.807) is 11.8 Å². The van der Waals surface area contributed by atoms with Gasteiger partial charge in [0.05, 0.1) is 61.7 Å². The van der Waals surface area contributed by atoms with Gasteiger partial charge in [0.25, 0.3) is 0 Å². The van der Waals surface area contributed by atoms with Crippen molar-refractivity contribution in [3.63, 3.8) is 0 Å². The molecule has 454 valence electrons. The second-order valence-electron chi connectivity index (χ2n) is 24.4. The van der Waals surface area contributed by atoms with Gasteiger partial charge in [-0.3, -0.25) is 0 Å². The van der Waals surface area contributed by atoms with Gasteiger partial charge in [-0.05, 0) is 87.6 Å². The first-order valence-electron chi connectivity index (χ1n) is 29.9. The summed E-state index contributed by atoms with van der Waals surface area (Å²) < 4.78 is 71.0. The molecule has 10 nitrogen and oxygen atoms in total. The number of benzene rings is 8. The van der Waals surface area contributed by atoms with Gasteiger partial charge in [-0.2, -0.15) is 0 Å². The topological polar surface area (TPSA) is 96.2 Å². The third-order valence-electron chi connectivity index (χ3n) is 16.4. The van der Waals surface area contributed by atoms with Crippen LogP contribution in [-0.4, -0.2) is 59.9 Å². The minimum absolute atomic E-state index is 0.0592. The highest BCUT2D eigenvalue weighted by Gasteiger charge is 2.50. The largest absolute Gasteiger partial charge is 0.494 e. The predicted octanol–water partition coefficient (Wildman–Crippen LogP) is 17.4. The smallest absolute Gasteiger partial charge is 0.192 e. The fourth-order valence-corrected chi connectivity index (χ4v) is 13.8. The lowest BCUT2D eigenvalue weighted by Crippen LogP contribution is -2.58. The van der Waals surface area contributed by atoms with Gasteiger partial charge >= 0.3 is 0 Å². The van der Waals surface area contributed by atoms with Crippen LogP contribution in [0.3, 0.4) is 0 Å². The number of fused-ring (bicyclic) bond motifs is 1. The Bertz CT molecular complexity index is 3570. The summed E-state index contributed by atoms with van der Waals surface area (Å²) in [5, 5.41) is 3.49. The zero-order chi connectivity index (χ0) is 60.8. The molecule has 10 rings (SSSR count). The Morgan fingerprint density at radius 2 is 0.931 bits per heavy atom. The average molecular weight is 1240 g/mol. The summed E-state index contributed by atoms with van der Waals surface area (Å²) in [6.45, 7) is 18.2. The highest BCUT2D eigenvalue weighted by Crippen LogP contribution is 2.51. The molecule has 1 aromatic heterocycles. The van der Waals surface area contributed by atoms with E-state index in [-0.39, 0.29) is 44.7 Å². The van der Waals surface area contributed by atoms with Crippen molar-refractivity contribution in [1.29, 1.82) is 0 Å². The Hall–Kier alpha value is -6.47. The number of thioether (sulfide) groups is 1. The van der Waals surface area contributed by atoms with Crippen molar-refractivity contribution in [1.82, 2.24) is 0 Å². The van der Waals surface area contributed by atoms with Gasteiger partial charge in [0, 0.05) is 10.9 Å². The number of ether oxygens (including phenoxy) is 8. The Morgan fingerprint density at radius 1 is 0.494 bits per heavy atom. The average Bonchev–Trinajstić information content (AvgIpc) is 1.35. The minimum Gasteiger partial charge on any atom is -0.494 e. The Morgan fingerprint density at radius 3 is 1.40 bits per heavy atom. The molecular weight excluding hydrogens is 1160 g/mol. The fourth-order valence-electron chi connectivity index (χ4n) is 10.4. The number of furan rings is 1. The van der Waals surface area contributed by atoms with E-state index in [9.17, 15) is 0 Å². The van der Waals surface area contributed by atoms with Crippen molar-refractivity contribution in [2.45, 2.75) is 134 Å². The summed E-state index contributed by atoms with van der Waals surface area (Å²) in [6.07, 6.45) is -1.44. The molecule has 0 aliphatic carbocycles. The number of rotatable bonds is 28. The lowest BCUT2D eigenvalue weighted by Gasteiger charge is -2.47. The molecule has 8 aromatic carbocycles. The van der Waals surface area contributed by atoms with Crippen LogP contribution in [0.25, 0.3) is 10.8 Å². The zero-order valence-corrected chi connectivity index (χ0v) is 54.8. The summed E-state index contributed by atoms with van der Waals surface area (Å²) in [5.41, 5.74) is 7.73. The van der Waals surface area contributed by atoms with E-state index in [2.05, 4.69) is 126 Å². The molecule has 0 amide bonds. The molecule has 0 N–H and O–H groups in total. The molecule has 1 aliphatic heterocycles. The van der Waals surface area contributed by atoms with Crippen LogP contribution in [-0.2, 0) is 74.4 Å². The van der Waals surface area contributed by atoms with Crippen molar-refractivity contribution in [2.75, 3.05) is 19.1 Å². The van der Waals surface area contributed by atoms with Gasteiger partial charge < -0.3 is 46.7 Å². The van der Waals surface area contributed by atoms with E-state index in [0.29, 0.717) is 58.1 Å². The van der Waals surface area contributed by atoms with E-state index in [1.165, 1.54) is 0 Å². The van der Waals surface area contributed by atoms with Crippen LogP contribution in [0.5, 0.6) is 17.2 Å².